The molecule has 0 rings (SSSR count). The van der Waals surface area contributed by atoms with Gasteiger partial charge in [0, 0.05) is 38.9 Å². The molecule has 0 saturated heterocycles. The second kappa shape index (κ2) is 22.1. The fourth-order valence-electron chi connectivity index (χ4n) is 3.08. The molecule has 12 heteroatoms. The topological polar surface area (TPSA) is 189 Å². The fraction of sp³-hybridized carbons (Fsp3) is 0.773. The molecular weight excluding hydrogens is 446 g/mol. The van der Waals surface area contributed by atoms with Crippen molar-refractivity contribution in [2.45, 2.75) is 83.1 Å². The highest BCUT2D eigenvalue weighted by Gasteiger charge is 2.20. The van der Waals surface area contributed by atoms with Gasteiger partial charge in [-0.25, -0.2) is 10.7 Å². The van der Waals surface area contributed by atoms with E-state index < -0.39 is 12.0 Å². The fourth-order valence-corrected chi connectivity index (χ4v) is 3.08. The molecular formula is C22H41N5O7. The molecule has 1 unspecified atom stereocenters. The molecule has 0 aromatic carbocycles. The predicted molar refractivity (Wildman–Crippen MR) is 125 cm³/mol. The second-order valence-corrected chi connectivity index (χ2v) is 7.97. The van der Waals surface area contributed by atoms with Crippen molar-refractivity contribution in [2.24, 2.45) is 5.90 Å². The molecule has 0 radical (unpaired) electrons. The number of carboxylic acids is 1. The van der Waals surface area contributed by atoms with Gasteiger partial charge in [-0.3, -0.25) is 19.2 Å². The van der Waals surface area contributed by atoms with Gasteiger partial charge in [0.2, 0.25) is 24.1 Å². The highest BCUT2D eigenvalue weighted by atomic mass is 16.6. The van der Waals surface area contributed by atoms with Crippen LogP contribution >= 0.6 is 0 Å². The van der Waals surface area contributed by atoms with E-state index in [1.807, 2.05) is 0 Å². The first-order chi connectivity index (χ1) is 16.4. The lowest BCUT2D eigenvalue weighted by Crippen LogP contribution is -2.41. The van der Waals surface area contributed by atoms with Gasteiger partial charge in [0.1, 0.15) is 6.04 Å². The Hall–Kier alpha value is -2.73. The summed E-state index contributed by atoms with van der Waals surface area (Å²) in [5, 5.41) is 19.8. The first-order valence-corrected chi connectivity index (χ1v) is 11.9. The number of carbonyl (C=O) groups excluding carboxylic acids is 4. The van der Waals surface area contributed by atoms with Crippen LogP contribution in [0.1, 0.15) is 77.0 Å². The summed E-state index contributed by atoms with van der Waals surface area (Å²) in [5.41, 5.74) is 0. The molecule has 0 aliphatic carbocycles. The highest BCUT2D eigenvalue weighted by molar-refractivity contribution is 5.84. The van der Waals surface area contributed by atoms with E-state index >= 15 is 0 Å². The van der Waals surface area contributed by atoms with Gasteiger partial charge in [-0.15, -0.1) is 0 Å². The van der Waals surface area contributed by atoms with Gasteiger partial charge in [0.05, 0.1) is 6.61 Å². The Kier molecular flexibility index (Phi) is 20.3. The number of amides is 4. The summed E-state index contributed by atoms with van der Waals surface area (Å²) in [6.07, 6.45) is 7.21. The molecule has 0 spiro atoms. The summed E-state index contributed by atoms with van der Waals surface area (Å²) in [4.78, 5) is 61.5. The smallest absolute Gasteiger partial charge is 0.326 e. The van der Waals surface area contributed by atoms with Crippen molar-refractivity contribution in [1.82, 2.24) is 21.3 Å². The Morgan fingerprint density at radius 3 is 1.91 bits per heavy atom. The second-order valence-electron chi connectivity index (χ2n) is 7.97. The molecule has 1 atom stereocenters. The number of aliphatic carboxylic acids is 1. The molecule has 0 bridgehead atoms. The van der Waals surface area contributed by atoms with Crippen LogP contribution in [-0.2, 0) is 28.8 Å². The number of nitrogens with two attached hydrogens (primary N) is 1. The Balaban J connectivity index is 3.83. The minimum atomic E-state index is -1.18. The molecule has 0 heterocycles. The normalized spacial score (nSPS) is 11.3. The summed E-state index contributed by atoms with van der Waals surface area (Å²) in [7, 11) is 0. The molecule has 0 aromatic heterocycles. The molecule has 12 nitrogen and oxygen atoms in total. The van der Waals surface area contributed by atoms with E-state index in [2.05, 4.69) is 26.1 Å². The largest absolute Gasteiger partial charge is 0.480 e. The van der Waals surface area contributed by atoms with Crippen LogP contribution in [0.25, 0.3) is 0 Å². The summed E-state index contributed by atoms with van der Waals surface area (Å²) in [6, 6.07) is -1.11. The zero-order chi connectivity index (χ0) is 25.4. The summed E-state index contributed by atoms with van der Waals surface area (Å²) >= 11 is 0. The SMILES string of the molecule is NOCCCCNC(=O)CCC(NC(=O)CCCCCNC(=O)CCCCCNC=O)C(=O)O. The molecule has 0 aliphatic rings. The van der Waals surface area contributed by atoms with Crippen molar-refractivity contribution in [2.75, 3.05) is 26.2 Å². The minimum absolute atomic E-state index is 0.0000334. The molecule has 0 aliphatic heterocycles. The van der Waals surface area contributed by atoms with Crippen molar-refractivity contribution < 1.29 is 33.9 Å². The van der Waals surface area contributed by atoms with E-state index in [0.717, 1.165) is 32.1 Å². The van der Waals surface area contributed by atoms with Gasteiger partial charge in [-0.05, 0) is 44.9 Å². The standard InChI is InChI=1S/C22H41N5O7/c23-34-16-8-7-15-26-20(30)12-11-18(22(32)33)27-21(31)10-4-2-6-14-25-19(29)9-3-1-5-13-24-17-28/h17-18H,1-16,23H2,(H,24,28)(H,25,29)(H,26,30)(H,27,31)(H,32,33). The van der Waals surface area contributed by atoms with Crippen LogP contribution < -0.4 is 27.2 Å². The predicted octanol–water partition coefficient (Wildman–Crippen LogP) is 0.106. The first-order valence-electron chi connectivity index (χ1n) is 11.9. The quantitative estimate of drug-likeness (QED) is 0.0664. The Labute approximate surface area is 201 Å². The van der Waals surface area contributed by atoms with Gasteiger partial charge < -0.3 is 31.2 Å². The Bertz CT molecular complexity index is 604. The summed E-state index contributed by atoms with van der Waals surface area (Å²) in [6.45, 7) is 2.00. The van der Waals surface area contributed by atoms with Crippen LogP contribution in [0, 0.1) is 0 Å². The third kappa shape index (κ3) is 19.9. The molecule has 0 aromatic rings. The van der Waals surface area contributed by atoms with Gasteiger partial charge in [-0.1, -0.05) is 12.8 Å². The van der Waals surface area contributed by atoms with Crippen LogP contribution in [0.5, 0.6) is 0 Å². The molecule has 34 heavy (non-hydrogen) atoms. The summed E-state index contributed by atoms with van der Waals surface area (Å²) in [5.74, 6) is 3.07. The van der Waals surface area contributed by atoms with Crippen molar-refractivity contribution in [1.29, 1.82) is 0 Å². The third-order valence-corrected chi connectivity index (χ3v) is 5.02. The molecule has 7 N–H and O–H groups in total. The van der Waals surface area contributed by atoms with E-state index in [4.69, 9.17) is 5.90 Å². The van der Waals surface area contributed by atoms with Crippen LogP contribution in [0.3, 0.4) is 0 Å². The van der Waals surface area contributed by atoms with E-state index in [0.29, 0.717) is 58.3 Å². The number of hydrogen-bond donors (Lipinski definition) is 6. The first kappa shape index (κ1) is 31.3. The molecule has 0 fully saturated rings. The lowest BCUT2D eigenvalue weighted by atomic mass is 10.1. The van der Waals surface area contributed by atoms with Gasteiger partial charge >= 0.3 is 5.97 Å². The van der Waals surface area contributed by atoms with E-state index in [9.17, 15) is 29.1 Å². The van der Waals surface area contributed by atoms with Crippen LogP contribution in [-0.4, -0.2) is 67.5 Å². The monoisotopic (exact) mass is 487 g/mol. The average molecular weight is 488 g/mol. The lowest BCUT2D eigenvalue weighted by Gasteiger charge is -2.14. The highest BCUT2D eigenvalue weighted by Crippen LogP contribution is 2.04. The number of carboxylic acid groups (broad SMARTS) is 1. The third-order valence-electron chi connectivity index (χ3n) is 5.02. The maximum Gasteiger partial charge on any atom is 0.326 e. The molecule has 4 amide bonds. The number of nitrogens with one attached hydrogen (secondary N) is 4. The van der Waals surface area contributed by atoms with E-state index in [1.54, 1.807) is 0 Å². The number of carbonyl (C=O) groups is 5. The zero-order valence-corrected chi connectivity index (χ0v) is 19.9. The minimum Gasteiger partial charge on any atom is -0.480 e. The van der Waals surface area contributed by atoms with Crippen molar-refractivity contribution in [3.05, 3.63) is 0 Å². The van der Waals surface area contributed by atoms with Gasteiger partial charge in [0.25, 0.3) is 0 Å². The number of rotatable bonds is 23. The number of unbranched alkanes of at least 4 members (excludes halogenated alkanes) is 5. The Morgan fingerprint density at radius 1 is 0.765 bits per heavy atom. The number of hydrogen-bond acceptors (Lipinski definition) is 7. The van der Waals surface area contributed by atoms with Gasteiger partial charge in [0.15, 0.2) is 0 Å². The van der Waals surface area contributed by atoms with Crippen molar-refractivity contribution >= 4 is 30.1 Å². The Morgan fingerprint density at radius 2 is 1.32 bits per heavy atom. The van der Waals surface area contributed by atoms with Crippen molar-refractivity contribution in [3.8, 4) is 0 Å². The van der Waals surface area contributed by atoms with Gasteiger partial charge in [-0.2, -0.15) is 0 Å². The van der Waals surface area contributed by atoms with Crippen LogP contribution in [0.4, 0.5) is 0 Å². The molecule has 196 valence electrons. The maximum absolute atomic E-state index is 12.0. The zero-order valence-electron chi connectivity index (χ0n) is 19.9. The van der Waals surface area contributed by atoms with Crippen LogP contribution in [0.15, 0.2) is 0 Å². The average Bonchev–Trinajstić information content (AvgIpc) is 2.80. The van der Waals surface area contributed by atoms with E-state index in [-0.39, 0.29) is 37.0 Å². The molecule has 0 saturated carbocycles. The maximum atomic E-state index is 12.0. The lowest BCUT2D eigenvalue weighted by molar-refractivity contribution is -0.142. The van der Waals surface area contributed by atoms with Crippen molar-refractivity contribution in [3.63, 3.8) is 0 Å². The van der Waals surface area contributed by atoms with Crippen LogP contribution in [0.2, 0.25) is 0 Å². The summed E-state index contributed by atoms with van der Waals surface area (Å²) < 4.78 is 0. The van der Waals surface area contributed by atoms with E-state index in [1.165, 1.54) is 0 Å².